The molecule has 0 atom stereocenters. The van der Waals surface area contributed by atoms with Gasteiger partial charge in [0, 0.05) is 93.7 Å². The third-order valence-electron chi connectivity index (χ3n) is 7.92. The van der Waals surface area contributed by atoms with Crippen LogP contribution >= 0.6 is 0 Å². The number of nitrogens with one attached hydrogen (secondary N) is 1. The van der Waals surface area contributed by atoms with E-state index in [1.165, 1.54) is 27.9 Å². The van der Waals surface area contributed by atoms with Crippen molar-refractivity contribution in [3.05, 3.63) is 33.4 Å². The van der Waals surface area contributed by atoms with E-state index in [-0.39, 0.29) is 92.9 Å². The van der Waals surface area contributed by atoms with Crippen molar-refractivity contribution in [2.45, 2.75) is 66.7 Å². The fourth-order valence-electron chi connectivity index (χ4n) is 4.50. The number of ether oxygens (including phenoxy) is 8. The lowest BCUT2D eigenvalue weighted by Crippen LogP contribution is -2.27. The first-order valence-corrected chi connectivity index (χ1v) is 17.2. The number of rotatable bonds is 21. The van der Waals surface area contributed by atoms with Crippen LogP contribution in [-0.2, 0) is 81.0 Å². The Hall–Kier alpha value is -5.11. The van der Waals surface area contributed by atoms with E-state index in [0.29, 0.717) is 38.5 Å². The van der Waals surface area contributed by atoms with Crippen molar-refractivity contribution >= 4 is 53.7 Å². The predicted molar refractivity (Wildman–Crippen MR) is 194 cm³/mol. The third kappa shape index (κ3) is 18.5. The lowest BCUT2D eigenvalue weighted by molar-refractivity contribution is -0.153. The first-order valence-electron chi connectivity index (χ1n) is 17.2. The minimum absolute atomic E-state index is 0. The van der Waals surface area contributed by atoms with Crippen LogP contribution in [0.4, 0.5) is 0 Å². The second-order valence-electron chi connectivity index (χ2n) is 11.9. The molecule has 19 heteroatoms. The molecule has 0 aliphatic carbocycles. The Morgan fingerprint density at radius 3 is 1.29 bits per heavy atom. The SMILES string of the molecule is C.COCCN(C)CCOC(=O)CCC1=C(C)C(=O)OC1=O.COCCNC(=O)CCC1=C(C)C(=O)OC1=O.COCCOC(=O)CCC1=C(C)C(=O)OC1=O. The van der Waals surface area contributed by atoms with Crippen LogP contribution in [0, 0.1) is 0 Å². The Morgan fingerprint density at radius 1 is 0.536 bits per heavy atom. The summed E-state index contributed by atoms with van der Waals surface area (Å²) in [6.45, 7) is 8.16. The van der Waals surface area contributed by atoms with Gasteiger partial charge in [-0.15, -0.1) is 0 Å². The number of hydrogen-bond acceptors (Lipinski definition) is 18. The largest absolute Gasteiger partial charge is 0.464 e. The van der Waals surface area contributed by atoms with Gasteiger partial charge in [-0.1, -0.05) is 7.43 Å². The number of methoxy groups -OCH3 is 3. The molecule has 0 bridgehead atoms. The van der Waals surface area contributed by atoms with Crippen molar-refractivity contribution in [1.29, 1.82) is 0 Å². The van der Waals surface area contributed by atoms with Crippen molar-refractivity contribution < 1.29 is 81.0 Å². The van der Waals surface area contributed by atoms with Crippen LogP contribution < -0.4 is 5.32 Å². The monoisotopic (exact) mass is 798 g/mol. The first kappa shape index (κ1) is 50.9. The minimum atomic E-state index is -0.669. The van der Waals surface area contributed by atoms with E-state index in [0.717, 1.165) is 6.54 Å². The summed E-state index contributed by atoms with van der Waals surface area (Å²) in [5.74, 6) is -4.89. The van der Waals surface area contributed by atoms with Gasteiger partial charge in [-0.2, -0.15) is 0 Å². The van der Waals surface area contributed by atoms with E-state index in [2.05, 4.69) is 19.5 Å². The van der Waals surface area contributed by atoms with E-state index in [1.54, 1.807) is 14.2 Å². The number of esters is 8. The molecule has 0 spiro atoms. The Labute approximate surface area is 325 Å². The molecule has 56 heavy (non-hydrogen) atoms. The quantitative estimate of drug-likeness (QED) is 0.0742. The van der Waals surface area contributed by atoms with Gasteiger partial charge >= 0.3 is 47.8 Å². The molecule has 1 amide bonds. The van der Waals surface area contributed by atoms with E-state index in [4.69, 9.17) is 23.7 Å². The smallest absolute Gasteiger partial charge is 0.342 e. The first-order chi connectivity index (χ1) is 26.1. The average Bonchev–Trinajstić information content (AvgIpc) is 3.64. The van der Waals surface area contributed by atoms with E-state index in [9.17, 15) is 43.2 Å². The summed E-state index contributed by atoms with van der Waals surface area (Å²) in [5.41, 5.74) is 1.62. The van der Waals surface area contributed by atoms with Crippen LogP contribution in [0.2, 0.25) is 0 Å². The van der Waals surface area contributed by atoms with Crippen LogP contribution in [0.1, 0.15) is 66.7 Å². The third-order valence-corrected chi connectivity index (χ3v) is 7.92. The summed E-state index contributed by atoms with van der Waals surface area (Å²) in [6.07, 6.45) is 0.778. The molecule has 0 unspecified atom stereocenters. The maximum Gasteiger partial charge on any atom is 0.342 e. The molecule has 3 heterocycles. The Morgan fingerprint density at radius 2 is 0.911 bits per heavy atom. The zero-order valence-electron chi connectivity index (χ0n) is 32.3. The highest BCUT2D eigenvalue weighted by molar-refractivity contribution is 6.13. The fraction of sp³-hybridized carbons (Fsp3) is 0.595. The zero-order chi connectivity index (χ0) is 41.5. The molecule has 1 N–H and O–H groups in total. The van der Waals surface area contributed by atoms with Gasteiger partial charge in [0.15, 0.2) is 0 Å². The van der Waals surface area contributed by atoms with Crippen molar-refractivity contribution in [1.82, 2.24) is 10.2 Å². The maximum atomic E-state index is 11.6. The van der Waals surface area contributed by atoms with Crippen molar-refractivity contribution in [3.8, 4) is 0 Å². The van der Waals surface area contributed by atoms with Gasteiger partial charge in [-0.05, 0) is 47.1 Å². The molecule has 0 fully saturated rings. The number of amides is 1. The molecule has 3 aliphatic rings. The Balaban J connectivity index is 0.000000809. The van der Waals surface area contributed by atoms with Crippen molar-refractivity contribution in [2.75, 3.05) is 81.0 Å². The van der Waals surface area contributed by atoms with Gasteiger partial charge in [-0.25, -0.2) is 28.8 Å². The molecule has 314 valence electrons. The zero-order valence-corrected chi connectivity index (χ0v) is 32.3. The molecule has 0 saturated heterocycles. The van der Waals surface area contributed by atoms with Gasteiger partial charge in [0.05, 0.1) is 19.8 Å². The van der Waals surface area contributed by atoms with Crippen LogP contribution in [0.3, 0.4) is 0 Å². The molecule has 0 aromatic carbocycles. The molecule has 0 aromatic rings. The molecule has 0 saturated carbocycles. The van der Waals surface area contributed by atoms with Gasteiger partial charge < -0.3 is 48.1 Å². The molecule has 3 rings (SSSR count). The summed E-state index contributed by atoms with van der Waals surface area (Å²) in [5, 5.41) is 2.62. The number of likely N-dealkylation sites (N-methyl/N-ethyl adjacent to an activating group) is 1. The van der Waals surface area contributed by atoms with Crippen molar-refractivity contribution in [2.24, 2.45) is 0 Å². The Kier molecular flexibility index (Phi) is 25.0. The average molecular weight is 799 g/mol. The van der Waals surface area contributed by atoms with E-state index < -0.39 is 47.8 Å². The summed E-state index contributed by atoms with van der Waals surface area (Å²) in [6, 6.07) is 0. The topological polar surface area (TPSA) is 243 Å². The summed E-state index contributed by atoms with van der Waals surface area (Å²) < 4.78 is 37.6. The molecular weight excluding hydrogens is 744 g/mol. The maximum absolute atomic E-state index is 11.6. The van der Waals surface area contributed by atoms with Gasteiger partial charge in [0.25, 0.3) is 0 Å². The molecular formula is C37H54N2O17. The van der Waals surface area contributed by atoms with E-state index in [1.807, 2.05) is 11.9 Å². The van der Waals surface area contributed by atoms with Gasteiger partial charge in [0.1, 0.15) is 13.2 Å². The second-order valence-corrected chi connectivity index (χ2v) is 11.9. The number of cyclic esters (lactones) is 6. The van der Waals surface area contributed by atoms with Crippen LogP contribution in [0.25, 0.3) is 0 Å². The lowest BCUT2D eigenvalue weighted by atomic mass is 10.1. The van der Waals surface area contributed by atoms with Crippen LogP contribution in [-0.4, -0.2) is 140 Å². The lowest BCUT2D eigenvalue weighted by Gasteiger charge is -2.15. The molecule has 3 aliphatic heterocycles. The molecule has 0 aromatic heterocycles. The van der Waals surface area contributed by atoms with Gasteiger partial charge in [0.2, 0.25) is 5.91 Å². The summed E-state index contributed by atoms with van der Waals surface area (Å²) >= 11 is 0. The molecule has 0 radical (unpaired) electrons. The van der Waals surface area contributed by atoms with E-state index >= 15 is 0 Å². The van der Waals surface area contributed by atoms with Crippen LogP contribution in [0.5, 0.6) is 0 Å². The minimum Gasteiger partial charge on any atom is -0.464 e. The normalized spacial score (nSPS) is 14.8. The fourth-order valence-corrected chi connectivity index (χ4v) is 4.50. The standard InChI is InChI=1S/C14H21NO6.C11H15NO5.C11H14O6.CH4/c1-10-11(14(18)21-13(10)17)4-5-12(16)20-9-7-15(2)6-8-19-3;1-7-8(11(15)17-10(7)14)3-4-9(13)12-5-6-16-2;1-7-8(11(14)17-10(7)13)3-4-9(12)16-6-5-15-2;/h4-9H2,1-3H3;3-6H2,1-2H3,(H,12,13);3-6H2,1-2H3;1H4. The number of carbonyl (C=O) groups is 9. The number of carbonyl (C=O) groups excluding carboxylic acids is 9. The predicted octanol–water partition coefficient (Wildman–Crippen LogP) is 1.21. The van der Waals surface area contributed by atoms with Crippen molar-refractivity contribution in [3.63, 3.8) is 0 Å². The molecule has 19 nitrogen and oxygen atoms in total. The number of hydrogen-bond donors (Lipinski definition) is 1. The van der Waals surface area contributed by atoms with Gasteiger partial charge in [-0.3, -0.25) is 14.4 Å². The Bertz CT molecular complexity index is 1470. The van der Waals surface area contributed by atoms with Crippen LogP contribution in [0.15, 0.2) is 33.4 Å². The number of nitrogens with zero attached hydrogens (tertiary/aromatic N) is 1. The highest BCUT2D eigenvalue weighted by Gasteiger charge is 2.31. The summed E-state index contributed by atoms with van der Waals surface area (Å²) in [7, 11) is 6.58. The summed E-state index contributed by atoms with van der Waals surface area (Å²) in [4.78, 5) is 103. The second kappa shape index (κ2) is 27.5. The highest BCUT2D eigenvalue weighted by Crippen LogP contribution is 2.23. The highest BCUT2D eigenvalue weighted by atomic mass is 16.6.